The summed E-state index contributed by atoms with van der Waals surface area (Å²) in [6, 6.07) is 7.33. The maximum absolute atomic E-state index is 12.2. The monoisotopic (exact) mass is 306 g/mol. The molecule has 0 spiro atoms. The van der Waals surface area contributed by atoms with Crippen molar-refractivity contribution in [3.8, 4) is 5.75 Å². The third-order valence-corrected chi connectivity index (χ3v) is 4.31. The number of carbonyl (C=O) groups excluding carboxylic acids is 1. The van der Waals surface area contributed by atoms with Crippen LogP contribution in [0.3, 0.4) is 0 Å². The van der Waals surface area contributed by atoms with Gasteiger partial charge in [0.15, 0.2) is 6.04 Å². The molecular formula is C17H28N3O2+. The van der Waals surface area contributed by atoms with Crippen molar-refractivity contribution in [2.24, 2.45) is 5.92 Å². The SMILES string of the molecule is CC(C)CNC(=O)[C@@H](C)[NH+]1CCN(c2ccc(O)cc2)CC1. The van der Waals surface area contributed by atoms with Crippen LogP contribution in [0.5, 0.6) is 5.75 Å². The first-order chi connectivity index (χ1) is 10.5. The zero-order valence-electron chi connectivity index (χ0n) is 13.8. The Morgan fingerprint density at radius 1 is 1.23 bits per heavy atom. The smallest absolute Gasteiger partial charge is 0.278 e. The van der Waals surface area contributed by atoms with Crippen molar-refractivity contribution in [2.45, 2.75) is 26.8 Å². The number of nitrogens with zero attached hydrogens (tertiary/aromatic N) is 1. The summed E-state index contributed by atoms with van der Waals surface area (Å²) in [6.45, 7) is 10.7. The van der Waals surface area contributed by atoms with E-state index in [2.05, 4.69) is 24.1 Å². The highest BCUT2D eigenvalue weighted by Gasteiger charge is 2.29. The molecule has 0 unspecified atom stereocenters. The van der Waals surface area contributed by atoms with E-state index in [1.165, 1.54) is 4.90 Å². The Bertz CT molecular complexity index is 479. The van der Waals surface area contributed by atoms with Crippen molar-refractivity contribution in [3.63, 3.8) is 0 Å². The van der Waals surface area contributed by atoms with Gasteiger partial charge in [0.1, 0.15) is 5.75 Å². The number of hydrogen-bond acceptors (Lipinski definition) is 3. The third-order valence-electron chi connectivity index (χ3n) is 4.31. The molecule has 0 saturated carbocycles. The van der Waals surface area contributed by atoms with Gasteiger partial charge in [0.05, 0.1) is 26.2 Å². The molecular weight excluding hydrogens is 278 g/mol. The van der Waals surface area contributed by atoms with Gasteiger partial charge in [-0.2, -0.15) is 0 Å². The summed E-state index contributed by atoms with van der Waals surface area (Å²) in [5, 5.41) is 12.4. The molecule has 0 bridgehead atoms. The fraction of sp³-hybridized carbons (Fsp3) is 0.588. The number of benzene rings is 1. The van der Waals surface area contributed by atoms with E-state index in [1.807, 2.05) is 19.1 Å². The molecule has 5 heteroatoms. The lowest BCUT2D eigenvalue weighted by atomic mass is 10.1. The molecule has 0 aliphatic carbocycles. The fourth-order valence-electron chi connectivity index (χ4n) is 2.79. The van der Waals surface area contributed by atoms with Crippen LogP contribution in [0.4, 0.5) is 5.69 Å². The normalized spacial score (nSPS) is 17.5. The molecule has 122 valence electrons. The van der Waals surface area contributed by atoms with Gasteiger partial charge in [0.2, 0.25) is 0 Å². The number of piperazine rings is 1. The summed E-state index contributed by atoms with van der Waals surface area (Å²) in [4.78, 5) is 15.8. The Labute approximate surface area is 132 Å². The van der Waals surface area contributed by atoms with E-state index < -0.39 is 0 Å². The van der Waals surface area contributed by atoms with E-state index in [0.29, 0.717) is 11.7 Å². The number of aromatic hydroxyl groups is 1. The Morgan fingerprint density at radius 3 is 2.36 bits per heavy atom. The van der Waals surface area contributed by atoms with Gasteiger partial charge in [-0.15, -0.1) is 0 Å². The largest absolute Gasteiger partial charge is 0.508 e. The predicted molar refractivity (Wildman–Crippen MR) is 88.3 cm³/mol. The summed E-state index contributed by atoms with van der Waals surface area (Å²) < 4.78 is 0. The first-order valence-corrected chi connectivity index (χ1v) is 8.13. The fourth-order valence-corrected chi connectivity index (χ4v) is 2.79. The Morgan fingerprint density at radius 2 is 1.82 bits per heavy atom. The maximum Gasteiger partial charge on any atom is 0.278 e. The molecule has 1 atom stereocenters. The predicted octanol–water partition coefficient (Wildman–Crippen LogP) is 0.258. The lowest BCUT2D eigenvalue weighted by Gasteiger charge is -2.36. The number of nitrogens with one attached hydrogen (secondary N) is 2. The topological polar surface area (TPSA) is 57.0 Å². The minimum atomic E-state index is 0.000665. The highest BCUT2D eigenvalue weighted by Crippen LogP contribution is 2.18. The van der Waals surface area contributed by atoms with Crippen LogP contribution in [-0.2, 0) is 4.79 Å². The molecule has 1 aliphatic rings. The van der Waals surface area contributed by atoms with Gasteiger partial charge in [-0.3, -0.25) is 4.79 Å². The number of phenols is 1. The Kier molecular flexibility index (Phi) is 5.66. The van der Waals surface area contributed by atoms with E-state index in [0.717, 1.165) is 38.4 Å². The molecule has 1 aromatic rings. The molecule has 0 aromatic heterocycles. The van der Waals surface area contributed by atoms with Gasteiger partial charge < -0.3 is 20.2 Å². The summed E-state index contributed by atoms with van der Waals surface area (Å²) >= 11 is 0. The molecule has 1 aromatic carbocycles. The molecule has 1 saturated heterocycles. The molecule has 3 N–H and O–H groups in total. The molecule has 0 radical (unpaired) electrons. The van der Waals surface area contributed by atoms with Crippen LogP contribution in [0.2, 0.25) is 0 Å². The van der Waals surface area contributed by atoms with E-state index in [4.69, 9.17) is 0 Å². The quantitative estimate of drug-likeness (QED) is 0.731. The number of hydrogen-bond donors (Lipinski definition) is 3. The zero-order valence-corrected chi connectivity index (χ0v) is 13.8. The lowest BCUT2D eigenvalue weighted by Crippen LogP contribution is -3.19. The molecule has 1 heterocycles. The van der Waals surface area contributed by atoms with E-state index >= 15 is 0 Å². The van der Waals surface area contributed by atoms with Gasteiger partial charge in [-0.1, -0.05) is 13.8 Å². The summed E-state index contributed by atoms with van der Waals surface area (Å²) in [5.41, 5.74) is 1.13. The number of quaternary nitrogens is 1. The van der Waals surface area contributed by atoms with Crippen molar-refractivity contribution >= 4 is 11.6 Å². The maximum atomic E-state index is 12.2. The first kappa shape index (κ1) is 16.6. The third kappa shape index (κ3) is 4.37. The van der Waals surface area contributed by atoms with Gasteiger partial charge in [0, 0.05) is 12.2 Å². The van der Waals surface area contributed by atoms with Gasteiger partial charge in [0.25, 0.3) is 5.91 Å². The minimum Gasteiger partial charge on any atom is -0.508 e. The summed E-state index contributed by atoms with van der Waals surface area (Å²) in [5.74, 6) is 0.933. The average Bonchev–Trinajstić information content (AvgIpc) is 2.53. The van der Waals surface area contributed by atoms with Crippen molar-refractivity contribution in [3.05, 3.63) is 24.3 Å². The van der Waals surface area contributed by atoms with Crippen LogP contribution < -0.4 is 15.1 Å². The highest BCUT2D eigenvalue weighted by molar-refractivity contribution is 5.79. The first-order valence-electron chi connectivity index (χ1n) is 8.13. The average molecular weight is 306 g/mol. The van der Waals surface area contributed by atoms with Gasteiger partial charge in [-0.25, -0.2) is 0 Å². The molecule has 22 heavy (non-hydrogen) atoms. The van der Waals surface area contributed by atoms with Gasteiger partial charge in [-0.05, 0) is 37.1 Å². The number of anilines is 1. The van der Waals surface area contributed by atoms with E-state index in [9.17, 15) is 9.90 Å². The van der Waals surface area contributed by atoms with E-state index in [-0.39, 0.29) is 11.9 Å². The van der Waals surface area contributed by atoms with Gasteiger partial charge >= 0.3 is 0 Å². The van der Waals surface area contributed by atoms with Crippen LogP contribution in [0.1, 0.15) is 20.8 Å². The molecule has 1 amide bonds. The minimum absolute atomic E-state index is 0.000665. The van der Waals surface area contributed by atoms with Crippen molar-refractivity contribution < 1.29 is 14.8 Å². The number of phenolic OH excluding ortho intramolecular Hbond substituents is 1. The van der Waals surface area contributed by atoms with Crippen molar-refractivity contribution in [1.82, 2.24) is 5.32 Å². The van der Waals surface area contributed by atoms with E-state index in [1.54, 1.807) is 12.1 Å². The molecule has 1 fully saturated rings. The second kappa shape index (κ2) is 7.49. The van der Waals surface area contributed by atoms with Crippen LogP contribution in [0, 0.1) is 5.92 Å². The molecule has 2 rings (SSSR count). The number of carbonyl (C=O) groups is 1. The Hall–Kier alpha value is -1.75. The van der Waals surface area contributed by atoms with Crippen molar-refractivity contribution in [2.75, 3.05) is 37.6 Å². The Balaban J connectivity index is 1.83. The zero-order chi connectivity index (χ0) is 16.1. The standard InChI is InChI=1S/C17H27N3O2/c1-13(2)12-18-17(22)14(3)19-8-10-20(11-9-19)15-4-6-16(21)7-5-15/h4-7,13-14,21H,8-12H2,1-3H3,(H,18,22)/p+1/t14-/m1/s1. The van der Waals surface area contributed by atoms with Crippen LogP contribution in [-0.4, -0.2) is 49.8 Å². The summed E-state index contributed by atoms with van der Waals surface area (Å²) in [6.07, 6.45) is 0. The second-order valence-corrected chi connectivity index (χ2v) is 6.52. The van der Waals surface area contributed by atoms with Crippen molar-refractivity contribution in [1.29, 1.82) is 0 Å². The van der Waals surface area contributed by atoms with Crippen LogP contribution in [0.25, 0.3) is 0 Å². The summed E-state index contributed by atoms with van der Waals surface area (Å²) in [7, 11) is 0. The molecule has 5 nitrogen and oxygen atoms in total. The molecule has 1 aliphatic heterocycles. The highest BCUT2D eigenvalue weighted by atomic mass is 16.3. The lowest BCUT2D eigenvalue weighted by molar-refractivity contribution is -0.914. The van der Waals surface area contributed by atoms with Crippen LogP contribution in [0.15, 0.2) is 24.3 Å². The number of rotatable bonds is 5. The van der Waals surface area contributed by atoms with Crippen LogP contribution >= 0.6 is 0 Å². The second-order valence-electron chi connectivity index (χ2n) is 6.52. The number of amides is 1.